The molecule has 5 nitrogen and oxygen atoms in total. The molecule has 138 valence electrons. The molecule has 0 amide bonds. The number of benzene rings is 2. The second-order valence-corrected chi connectivity index (χ2v) is 8.05. The van der Waals surface area contributed by atoms with Gasteiger partial charge in [0.15, 0.2) is 0 Å². The maximum Gasteiger partial charge on any atom is 0.268 e. The lowest BCUT2D eigenvalue weighted by atomic mass is 10.2. The van der Waals surface area contributed by atoms with Crippen LogP contribution >= 0.6 is 12.4 Å². The summed E-state index contributed by atoms with van der Waals surface area (Å²) in [6.45, 7) is 3.87. The maximum absolute atomic E-state index is 13.0. The molecule has 1 saturated heterocycles. The van der Waals surface area contributed by atoms with Crippen LogP contribution < -0.4 is 10.2 Å². The molecule has 0 spiro atoms. The Hall–Kier alpha value is -2.02. The lowest BCUT2D eigenvalue weighted by Gasteiger charge is -2.23. The molecule has 1 aliphatic rings. The minimum atomic E-state index is -3.59. The topological polar surface area (TPSA) is 54.3 Å². The Balaban J connectivity index is 0.00000196. The summed E-state index contributed by atoms with van der Waals surface area (Å²) in [7, 11) is -3.59. The Morgan fingerprint density at radius 2 is 1.69 bits per heavy atom. The van der Waals surface area contributed by atoms with E-state index in [0.29, 0.717) is 4.90 Å². The number of aromatic nitrogens is 1. The van der Waals surface area contributed by atoms with E-state index in [4.69, 9.17) is 0 Å². The molecule has 0 bridgehead atoms. The van der Waals surface area contributed by atoms with Gasteiger partial charge in [0.2, 0.25) is 0 Å². The number of hydrogen-bond acceptors (Lipinski definition) is 4. The molecule has 0 aliphatic carbocycles. The molecular weight excluding hydrogens is 370 g/mol. The first-order valence-corrected chi connectivity index (χ1v) is 9.98. The van der Waals surface area contributed by atoms with Gasteiger partial charge in [-0.3, -0.25) is 0 Å². The predicted molar refractivity (Wildman–Crippen MR) is 108 cm³/mol. The van der Waals surface area contributed by atoms with E-state index in [-0.39, 0.29) is 12.4 Å². The first-order valence-electron chi connectivity index (χ1n) is 8.54. The van der Waals surface area contributed by atoms with Gasteiger partial charge in [-0.25, -0.2) is 12.4 Å². The molecule has 1 aliphatic heterocycles. The van der Waals surface area contributed by atoms with Crippen LogP contribution in [0.5, 0.6) is 0 Å². The largest absolute Gasteiger partial charge is 0.370 e. The van der Waals surface area contributed by atoms with Crippen molar-refractivity contribution in [1.29, 1.82) is 0 Å². The SMILES string of the molecule is Cl.O=S(=O)(c1ccccc1)n1ccc2c(N3CCCNCC3)cccc21. The Labute approximate surface area is 160 Å². The van der Waals surface area contributed by atoms with Crippen molar-refractivity contribution in [3.63, 3.8) is 0 Å². The van der Waals surface area contributed by atoms with Gasteiger partial charge < -0.3 is 10.2 Å². The molecule has 0 radical (unpaired) electrons. The van der Waals surface area contributed by atoms with Crippen molar-refractivity contribution in [3.05, 3.63) is 60.8 Å². The van der Waals surface area contributed by atoms with Crippen LogP contribution in [-0.4, -0.2) is 38.6 Å². The molecule has 0 atom stereocenters. The Kier molecular flexibility index (Phi) is 5.55. The van der Waals surface area contributed by atoms with Gasteiger partial charge in [-0.1, -0.05) is 24.3 Å². The van der Waals surface area contributed by atoms with Gasteiger partial charge in [0.05, 0.1) is 10.4 Å². The molecule has 26 heavy (non-hydrogen) atoms. The summed E-state index contributed by atoms with van der Waals surface area (Å²) in [5.74, 6) is 0. The van der Waals surface area contributed by atoms with Crippen LogP contribution in [0.15, 0.2) is 65.7 Å². The molecule has 1 N–H and O–H groups in total. The number of hydrogen-bond donors (Lipinski definition) is 1. The van der Waals surface area contributed by atoms with Gasteiger partial charge in [0, 0.05) is 36.9 Å². The lowest BCUT2D eigenvalue weighted by molar-refractivity contribution is 0.589. The quantitative estimate of drug-likeness (QED) is 0.745. The van der Waals surface area contributed by atoms with Crippen LogP contribution in [0.3, 0.4) is 0 Å². The average molecular weight is 392 g/mol. The van der Waals surface area contributed by atoms with Crippen molar-refractivity contribution < 1.29 is 8.42 Å². The van der Waals surface area contributed by atoms with Gasteiger partial charge in [-0.05, 0) is 43.3 Å². The third-order valence-corrected chi connectivity index (χ3v) is 6.36. The molecule has 3 aromatic rings. The van der Waals surface area contributed by atoms with Crippen LogP contribution in [0.1, 0.15) is 6.42 Å². The summed E-state index contributed by atoms with van der Waals surface area (Å²) in [6.07, 6.45) is 2.74. The van der Waals surface area contributed by atoms with Crippen molar-refractivity contribution in [2.24, 2.45) is 0 Å². The summed E-state index contributed by atoms with van der Waals surface area (Å²) < 4.78 is 27.4. The molecule has 1 fully saturated rings. The fourth-order valence-electron chi connectivity index (χ4n) is 3.40. The van der Waals surface area contributed by atoms with Crippen LogP contribution in [0, 0.1) is 0 Å². The Bertz CT molecular complexity index is 978. The van der Waals surface area contributed by atoms with Gasteiger partial charge in [0.1, 0.15) is 0 Å². The van der Waals surface area contributed by atoms with Crippen molar-refractivity contribution in [2.45, 2.75) is 11.3 Å². The standard InChI is InChI=1S/C19H21N3O2S.ClH/c23-25(24,16-6-2-1-3-7-16)22-14-10-17-18(8-4-9-19(17)22)21-13-5-11-20-12-15-21;/h1-4,6-10,14,20H,5,11-13,15H2;1H. The zero-order valence-electron chi connectivity index (χ0n) is 14.3. The highest BCUT2D eigenvalue weighted by atomic mass is 35.5. The van der Waals surface area contributed by atoms with Gasteiger partial charge in [0.25, 0.3) is 10.0 Å². The minimum absolute atomic E-state index is 0. The summed E-state index contributed by atoms with van der Waals surface area (Å²) in [4.78, 5) is 2.64. The second kappa shape index (κ2) is 7.70. The predicted octanol–water partition coefficient (Wildman–Crippen LogP) is 3.10. The van der Waals surface area contributed by atoms with E-state index >= 15 is 0 Å². The van der Waals surface area contributed by atoms with E-state index in [9.17, 15) is 8.42 Å². The summed E-state index contributed by atoms with van der Waals surface area (Å²) in [5.41, 5.74) is 1.82. The number of nitrogens with zero attached hydrogens (tertiary/aromatic N) is 2. The zero-order valence-corrected chi connectivity index (χ0v) is 16.0. The van der Waals surface area contributed by atoms with E-state index in [2.05, 4.69) is 16.3 Å². The molecule has 2 heterocycles. The molecule has 4 rings (SSSR count). The second-order valence-electron chi connectivity index (χ2n) is 6.23. The van der Waals surface area contributed by atoms with E-state index in [0.717, 1.165) is 49.2 Å². The highest BCUT2D eigenvalue weighted by Crippen LogP contribution is 2.30. The lowest BCUT2D eigenvalue weighted by Crippen LogP contribution is -2.27. The third-order valence-electron chi connectivity index (χ3n) is 4.65. The Morgan fingerprint density at radius 1 is 0.885 bits per heavy atom. The molecular formula is C19H22ClN3O2S. The van der Waals surface area contributed by atoms with Crippen LogP contribution in [0.4, 0.5) is 5.69 Å². The number of nitrogens with one attached hydrogen (secondary N) is 1. The highest BCUT2D eigenvalue weighted by molar-refractivity contribution is 7.90. The normalized spacial score (nSPS) is 15.5. The number of anilines is 1. The molecule has 7 heteroatoms. The van der Waals surface area contributed by atoms with E-state index < -0.39 is 10.0 Å². The fourth-order valence-corrected chi connectivity index (χ4v) is 4.77. The number of rotatable bonds is 3. The summed E-state index contributed by atoms with van der Waals surface area (Å²) >= 11 is 0. The average Bonchev–Trinajstić information content (AvgIpc) is 2.91. The molecule has 1 aromatic heterocycles. The maximum atomic E-state index is 13.0. The van der Waals surface area contributed by atoms with Crippen LogP contribution in [0.25, 0.3) is 10.9 Å². The molecule has 0 saturated carbocycles. The number of fused-ring (bicyclic) bond motifs is 1. The molecule has 2 aromatic carbocycles. The molecule has 0 unspecified atom stereocenters. The van der Waals surface area contributed by atoms with Crippen molar-refractivity contribution in [2.75, 3.05) is 31.1 Å². The van der Waals surface area contributed by atoms with Crippen molar-refractivity contribution >= 4 is 39.0 Å². The van der Waals surface area contributed by atoms with Crippen molar-refractivity contribution in [1.82, 2.24) is 9.29 Å². The third kappa shape index (κ3) is 3.32. The van der Waals surface area contributed by atoms with Crippen molar-refractivity contribution in [3.8, 4) is 0 Å². The minimum Gasteiger partial charge on any atom is -0.370 e. The van der Waals surface area contributed by atoms with E-state index in [1.54, 1.807) is 30.5 Å². The number of halogens is 1. The fraction of sp³-hybridized carbons (Fsp3) is 0.263. The van der Waals surface area contributed by atoms with Gasteiger partial charge in [-0.15, -0.1) is 12.4 Å². The van der Waals surface area contributed by atoms with E-state index in [1.165, 1.54) is 3.97 Å². The Morgan fingerprint density at radius 3 is 2.50 bits per heavy atom. The summed E-state index contributed by atoms with van der Waals surface area (Å²) in [6, 6.07) is 16.4. The zero-order chi connectivity index (χ0) is 17.3. The summed E-state index contributed by atoms with van der Waals surface area (Å²) in [5, 5.41) is 4.38. The smallest absolute Gasteiger partial charge is 0.268 e. The van der Waals surface area contributed by atoms with Gasteiger partial charge >= 0.3 is 0 Å². The van der Waals surface area contributed by atoms with Crippen LogP contribution in [0.2, 0.25) is 0 Å². The van der Waals surface area contributed by atoms with Gasteiger partial charge in [-0.2, -0.15) is 0 Å². The van der Waals surface area contributed by atoms with E-state index in [1.807, 2.05) is 24.3 Å². The monoisotopic (exact) mass is 391 g/mol. The first-order chi connectivity index (χ1) is 12.2. The highest BCUT2D eigenvalue weighted by Gasteiger charge is 2.20. The van der Waals surface area contributed by atoms with Crippen LogP contribution in [-0.2, 0) is 10.0 Å². The first kappa shape index (κ1) is 18.8.